The minimum atomic E-state index is -1.05. The molecule has 35 heavy (non-hydrogen) atoms. The molecule has 1 unspecified atom stereocenters. The lowest BCUT2D eigenvalue weighted by atomic mass is 9.82. The molecular weight excluding hydrogens is 476 g/mol. The maximum atomic E-state index is 12.8. The van der Waals surface area contributed by atoms with Crippen LogP contribution < -0.4 is 16.4 Å². The second kappa shape index (κ2) is 10.6. The number of benzene rings is 2. The number of carbonyl (C=O) groups is 3. The van der Waals surface area contributed by atoms with Gasteiger partial charge in [0.1, 0.15) is 23.8 Å². The average molecular weight is 497 g/mol. The minimum absolute atomic E-state index is 0.0757. The van der Waals surface area contributed by atoms with Gasteiger partial charge in [-0.3, -0.25) is 9.69 Å². The number of carbonyl (C=O) groups excluding carboxylic acids is 3. The van der Waals surface area contributed by atoms with Gasteiger partial charge < -0.3 is 25.7 Å². The lowest BCUT2D eigenvalue weighted by molar-refractivity contribution is -0.140. The van der Waals surface area contributed by atoms with Gasteiger partial charge in [0.25, 0.3) is 0 Å². The first-order valence-electron chi connectivity index (χ1n) is 10.1. The molecular formula is C24H21ClN4O6. The molecule has 0 radical (unpaired) electrons. The third kappa shape index (κ3) is 5.20. The number of urea groups is 1. The maximum absolute atomic E-state index is 12.8. The summed E-state index contributed by atoms with van der Waals surface area (Å²) in [6.07, 6.45) is -0.422. The van der Waals surface area contributed by atoms with Crippen LogP contribution >= 0.6 is 11.6 Å². The number of hydrogen-bond acceptors (Lipinski definition) is 8. The van der Waals surface area contributed by atoms with Gasteiger partial charge in [-0.05, 0) is 42.0 Å². The van der Waals surface area contributed by atoms with E-state index >= 15 is 0 Å². The van der Waals surface area contributed by atoms with E-state index in [0.717, 1.165) is 7.11 Å². The van der Waals surface area contributed by atoms with Crippen molar-refractivity contribution in [2.24, 2.45) is 11.5 Å². The Morgan fingerprint density at radius 3 is 2.37 bits per heavy atom. The van der Waals surface area contributed by atoms with E-state index in [0.29, 0.717) is 22.0 Å². The molecule has 2 aromatic rings. The van der Waals surface area contributed by atoms with Gasteiger partial charge in [0.2, 0.25) is 5.88 Å². The molecule has 1 aliphatic rings. The molecule has 0 saturated heterocycles. The van der Waals surface area contributed by atoms with Crippen molar-refractivity contribution in [3.8, 4) is 6.07 Å². The third-order valence-corrected chi connectivity index (χ3v) is 5.45. The van der Waals surface area contributed by atoms with Crippen LogP contribution in [0.5, 0.6) is 0 Å². The lowest BCUT2D eigenvalue weighted by Crippen LogP contribution is -2.31. The number of methoxy groups -OCH3 is 2. The molecule has 11 heteroatoms. The number of nitrogens with two attached hydrogens (primary N) is 2. The van der Waals surface area contributed by atoms with Crippen LogP contribution in [0.3, 0.4) is 0 Å². The topological polar surface area (TPSA) is 158 Å². The van der Waals surface area contributed by atoms with Crippen LogP contribution in [-0.4, -0.2) is 32.2 Å². The van der Waals surface area contributed by atoms with Crippen molar-refractivity contribution in [3.05, 3.63) is 81.9 Å². The molecule has 4 N–H and O–H groups in total. The maximum Gasteiger partial charge on any atom is 0.338 e. The van der Waals surface area contributed by atoms with Crippen LogP contribution in [0.25, 0.3) is 0 Å². The van der Waals surface area contributed by atoms with E-state index < -0.39 is 30.3 Å². The molecule has 10 nitrogen and oxygen atoms in total. The SMILES string of the molecule is COC(=O)CC1=C(C(=O)OC)C(c2cccc(N(C(N)=O)c3ccc(Cl)cc3)c2)C(C#N)=C(N)O1. The molecule has 0 aromatic heterocycles. The largest absolute Gasteiger partial charge is 0.469 e. The number of anilines is 2. The van der Waals surface area contributed by atoms with E-state index in [2.05, 4.69) is 4.74 Å². The second-order valence-electron chi connectivity index (χ2n) is 7.25. The molecule has 0 fully saturated rings. The molecule has 0 saturated carbocycles. The van der Waals surface area contributed by atoms with Gasteiger partial charge in [0, 0.05) is 5.02 Å². The highest BCUT2D eigenvalue weighted by Gasteiger charge is 2.38. The smallest absolute Gasteiger partial charge is 0.338 e. The number of halogens is 1. The Bertz CT molecular complexity index is 1280. The van der Waals surface area contributed by atoms with Crippen LogP contribution in [0.1, 0.15) is 17.9 Å². The van der Waals surface area contributed by atoms with Crippen molar-refractivity contribution in [1.82, 2.24) is 0 Å². The van der Waals surface area contributed by atoms with Crippen molar-refractivity contribution in [3.63, 3.8) is 0 Å². The summed E-state index contributed by atoms with van der Waals surface area (Å²) in [5.41, 5.74) is 12.6. The molecule has 0 spiro atoms. The quantitative estimate of drug-likeness (QED) is 0.576. The van der Waals surface area contributed by atoms with Crippen LogP contribution in [0.4, 0.5) is 16.2 Å². The fourth-order valence-electron chi connectivity index (χ4n) is 3.66. The van der Waals surface area contributed by atoms with Crippen molar-refractivity contribution < 1.29 is 28.6 Å². The minimum Gasteiger partial charge on any atom is -0.469 e. The van der Waals surface area contributed by atoms with Crippen LogP contribution in [0.2, 0.25) is 5.02 Å². The predicted molar refractivity (Wildman–Crippen MR) is 126 cm³/mol. The first-order chi connectivity index (χ1) is 16.7. The number of nitrogens with zero attached hydrogens (tertiary/aromatic N) is 2. The standard InChI is InChI=1S/C24H21ClN4O6/c1-33-19(30)11-18-21(23(31)34-2)20(17(12-26)22(27)35-18)13-4-3-5-16(10-13)29(24(28)32)15-8-6-14(25)7-9-15/h3-10,20H,11,27H2,1-2H3,(H2,28,32). The summed E-state index contributed by atoms with van der Waals surface area (Å²) in [4.78, 5) is 38.3. The Balaban J connectivity index is 2.20. The molecule has 180 valence electrons. The fourth-order valence-corrected chi connectivity index (χ4v) is 3.78. The second-order valence-corrected chi connectivity index (χ2v) is 7.69. The van der Waals surface area contributed by atoms with E-state index in [9.17, 15) is 19.6 Å². The highest BCUT2D eigenvalue weighted by molar-refractivity contribution is 6.30. The van der Waals surface area contributed by atoms with E-state index in [-0.39, 0.29) is 22.8 Å². The molecule has 0 aliphatic carbocycles. The van der Waals surface area contributed by atoms with Gasteiger partial charge in [0.15, 0.2) is 0 Å². The van der Waals surface area contributed by atoms with E-state index in [1.165, 1.54) is 12.0 Å². The van der Waals surface area contributed by atoms with Crippen LogP contribution in [0.15, 0.2) is 71.3 Å². The number of hydrogen-bond donors (Lipinski definition) is 2. The van der Waals surface area contributed by atoms with E-state index in [1.807, 2.05) is 6.07 Å². The molecule has 1 heterocycles. The first kappa shape index (κ1) is 25.1. The predicted octanol–water partition coefficient (Wildman–Crippen LogP) is 3.35. The molecule has 3 rings (SSSR count). The number of esters is 2. The zero-order chi connectivity index (χ0) is 25.7. The highest BCUT2D eigenvalue weighted by Crippen LogP contribution is 2.42. The number of ether oxygens (including phenoxy) is 3. The fraction of sp³-hybridized carbons (Fsp3) is 0.167. The molecule has 1 atom stereocenters. The van der Waals surface area contributed by atoms with Gasteiger partial charge >= 0.3 is 18.0 Å². The van der Waals surface area contributed by atoms with Gasteiger partial charge in [-0.1, -0.05) is 23.7 Å². The number of primary amides is 1. The summed E-state index contributed by atoms with van der Waals surface area (Å²) < 4.78 is 15.1. The van der Waals surface area contributed by atoms with Crippen LogP contribution in [-0.2, 0) is 23.8 Å². The van der Waals surface area contributed by atoms with Gasteiger partial charge in [-0.15, -0.1) is 0 Å². The van der Waals surface area contributed by atoms with Crippen molar-refractivity contribution in [2.45, 2.75) is 12.3 Å². The normalized spacial score (nSPS) is 15.1. The summed E-state index contributed by atoms with van der Waals surface area (Å²) in [5, 5.41) is 10.3. The summed E-state index contributed by atoms with van der Waals surface area (Å²) in [6.45, 7) is 0. The summed E-state index contributed by atoms with van der Waals surface area (Å²) in [7, 11) is 2.33. The Labute approximate surface area is 205 Å². The zero-order valence-corrected chi connectivity index (χ0v) is 19.5. The molecule has 0 bridgehead atoms. The first-order valence-corrected chi connectivity index (χ1v) is 10.5. The van der Waals surface area contributed by atoms with E-state index in [1.54, 1.807) is 48.5 Å². The van der Waals surface area contributed by atoms with E-state index in [4.69, 9.17) is 32.5 Å². The Morgan fingerprint density at radius 1 is 1.11 bits per heavy atom. The van der Waals surface area contributed by atoms with Crippen LogP contribution in [0, 0.1) is 11.3 Å². The van der Waals surface area contributed by atoms with Gasteiger partial charge in [-0.25, -0.2) is 9.59 Å². The Morgan fingerprint density at radius 2 is 1.80 bits per heavy atom. The monoisotopic (exact) mass is 496 g/mol. The lowest BCUT2D eigenvalue weighted by Gasteiger charge is -2.28. The summed E-state index contributed by atoms with van der Waals surface area (Å²) in [6, 6.07) is 14.0. The van der Waals surface area contributed by atoms with Crippen molar-refractivity contribution >= 4 is 40.9 Å². The highest BCUT2D eigenvalue weighted by atomic mass is 35.5. The summed E-state index contributed by atoms with van der Waals surface area (Å²) in [5.74, 6) is -2.96. The van der Waals surface area contributed by atoms with Gasteiger partial charge in [-0.2, -0.15) is 5.26 Å². The summed E-state index contributed by atoms with van der Waals surface area (Å²) >= 11 is 5.96. The Hall–Kier alpha value is -4.49. The Kier molecular flexibility index (Phi) is 7.63. The number of rotatable bonds is 6. The molecule has 2 amide bonds. The van der Waals surface area contributed by atoms with Crippen molar-refractivity contribution in [1.29, 1.82) is 5.26 Å². The number of amides is 2. The third-order valence-electron chi connectivity index (χ3n) is 5.20. The molecule has 1 aliphatic heterocycles. The molecule has 2 aromatic carbocycles. The average Bonchev–Trinajstić information content (AvgIpc) is 2.84. The number of nitriles is 1. The van der Waals surface area contributed by atoms with Crippen molar-refractivity contribution in [2.75, 3.05) is 19.1 Å². The zero-order valence-electron chi connectivity index (χ0n) is 18.8. The van der Waals surface area contributed by atoms with Gasteiger partial charge in [0.05, 0.1) is 37.1 Å². The number of allylic oxidation sites excluding steroid dienone is 1.